The van der Waals surface area contributed by atoms with E-state index in [0.717, 1.165) is 19.4 Å². The van der Waals surface area contributed by atoms with E-state index in [-0.39, 0.29) is 5.56 Å². The predicted octanol–water partition coefficient (Wildman–Crippen LogP) is 0.450. The molecule has 1 amide bonds. The molecule has 5 nitrogen and oxygen atoms in total. The molecule has 92 valence electrons. The van der Waals surface area contributed by atoms with Crippen molar-refractivity contribution in [3.63, 3.8) is 0 Å². The number of nitrogens with one attached hydrogen (secondary N) is 1. The Morgan fingerprint density at radius 2 is 2.53 bits per heavy atom. The third-order valence-electron chi connectivity index (χ3n) is 2.69. The van der Waals surface area contributed by atoms with E-state index in [1.807, 2.05) is 0 Å². The van der Waals surface area contributed by atoms with E-state index in [0.29, 0.717) is 18.4 Å². The molecular formula is C11H14FN3O2. The van der Waals surface area contributed by atoms with Gasteiger partial charge in [-0.3, -0.25) is 4.79 Å². The summed E-state index contributed by atoms with van der Waals surface area (Å²) in [7, 11) is 0. The summed E-state index contributed by atoms with van der Waals surface area (Å²) in [6.07, 6.45) is 3.43. The van der Waals surface area contributed by atoms with Crippen LogP contribution in [0.3, 0.4) is 0 Å². The average Bonchev–Trinajstić information content (AvgIpc) is 2.80. The molecule has 0 aliphatic carbocycles. The van der Waals surface area contributed by atoms with Gasteiger partial charge in [-0.2, -0.15) is 4.39 Å². The van der Waals surface area contributed by atoms with E-state index in [2.05, 4.69) is 10.3 Å². The summed E-state index contributed by atoms with van der Waals surface area (Å²) in [4.78, 5) is 14.3. The van der Waals surface area contributed by atoms with Crippen molar-refractivity contribution in [2.75, 3.05) is 13.2 Å². The van der Waals surface area contributed by atoms with E-state index < -0.39 is 11.9 Å². The van der Waals surface area contributed by atoms with Crippen LogP contribution >= 0.6 is 0 Å². The molecule has 1 fully saturated rings. The summed E-state index contributed by atoms with van der Waals surface area (Å²) >= 11 is 0. The first-order chi connectivity index (χ1) is 8.16. The zero-order valence-corrected chi connectivity index (χ0v) is 9.28. The van der Waals surface area contributed by atoms with Crippen LogP contribution in [0.2, 0.25) is 0 Å². The summed E-state index contributed by atoms with van der Waals surface area (Å²) in [5, 5.41) is 3.26. The molecule has 17 heavy (non-hydrogen) atoms. The minimum atomic E-state index is -0.871. The number of primary amides is 1. The first kappa shape index (κ1) is 11.8. The molecule has 1 aromatic heterocycles. The van der Waals surface area contributed by atoms with E-state index in [4.69, 9.17) is 10.5 Å². The molecule has 1 aliphatic heterocycles. The van der Waals surface area contributed by atoms with Crippen molar-refractivity contribution >= 4 is 5.91 Å². The zero-order chi connectivity index (χ0) is 12.3. The van der Waals surface area contributed by atoms with Crippen LogP contribution in [-0.2, 0) is 0 Å². The lowest BCUT2D eigenvalue weighted by atomic mass is 10.2. The van der Waals surface area contributed by atoms with Crippen molar-refractivity contribution < 1.29 is 13.9 Å². The van der Waals surface area contributed by atoms with E-state index in [1.54, 1.807) is 0 Å². The third kappa shape index (κ3) is 2.91. The maximum Gasteiger partial charge on any atom is 0.253 e. The fourth-order valence-electron chi connectivity index (χ4n) is 1.78. The topological polar surface area (TPSA) is 77.2 Å². The number of nitrogens with zero attached hydrogens (tertiary/aromatic N) is 1. The van der Waals surface area contributed by atoms with E-state index >= 15 is 0 Å². The minimum absolute atomic E-state index is 0.248. The molecule has 0 spiro atoms. The molecule has 1 atom stereocenters. The third-order valence-corrected chi connectivity index (χ3v) is 2.69. The average molecular weight is 239 g/mol. The molecule has 1 saturated heterocycles. The standard InChI is InChI=1S/C11H14FN3O2/c12-10-9(11(13)16)4-8(5-15-10)17-6-7-2-1-3-14-7/h4-5,7,14H,1-3,6H2,(H2,13,16). The molecule has 1 unspecified atom stereocenters. The number of aromatic nitrogens is 1. The molecule has 0 bridgehead atoms. The van der Waals surface area contributed by atoms with Gasteiger partial charge in [-0.25, -0.2) is 4.98 Å². The highest BCUT2D eigenvalue weighted by molar-refractivity contribution is 5.93. The molecule has 6 heteroatoms. The van der Waals surface area contributed by atoms with Crippen molar-refractivity contribution in [3.8, 4) is 5.75 Å². The summed E-state index contributed by atoms with van der Waals surface area (Å²) in [5.74, 6) is -1.36. The highest BCUT2D eigenvalue weighted by atomic mass is 19.1. The van der Waals surface area contributed by atoms with Crippen molar-refractivity contribution in [2.45, 2.75) is 18.9 Å². The number of carbonyl (C=O) groups is 1. The first-order valence-electron chi connectivity index (χ1n) is 5.48. The minimum Gasteiger partial charge on any atom is -0.490 e. The number of carbonyl (C=O) groups excluding carboxylic acids is 1. The summed E-state index contributed by atoms with van der Waals surface area (Å²) in [6, 6.07) is 1.58. The van der Waals surface area contributed by atoms with Gasteiger partial charge in [-0.15, -0.1) is 0 Å². The van der Waals surface area contributed by atoms with Crippen molar-refractivity contribution in [3.05, 3.63) is 23.8 Å². The van der Waals surface area contributed by atoms with Gasteiger partial charge < -0.3 is 15.8 Å². The Morgan fingerprint density at radius 3 is 3.18 bits per heavy atom. The van der Waals surface area contributed by atoms with Crippen LogP contribution in [-0.4, -0.2) is 30.1 Å². The van der Waals surface area contributed by atoms with Gasteiger partial charge in [0.1, 0.15) is 12.4 Å². The van der Waals surface area contributed by atoms with Crippen molar-refractivity contribution in [1.29, 1.82) is 0 Å². The van der Waals surface area contributed by atoms with Crippen molar-refractivity contribution in [1.82, 2.24) is 10.3 Å². The molecular weight excluding hydrogens is 225 g/mol. The van der Waals surface area contributed by atoms with Crippen LogP contribution in [0, 0.1) is 5.95 Å². The monoisotopic (exact) mass is 239 g/mol. The smallest absolute Gasteiger partial charge is 0.253 e. The molecule has 1 aliphatic rings. The van der Waals surface area contributed by atoms with Crippen LogP contribution in [0.5, 0.6) is 5.75 Å². The van der Waals surface area contributed by atoms with E-state index in [1.165, 1.54) is 12.3 Å². The fourth-order valence-corrected chi connectivity index (χ4v) is 1.78. The van der Waals surface area contributed by atoms with Gasteiger partial charge in [0.2, 0.25) is 5.95 Å². The number of nitrogens with two attached hydrogens (primary N) is 1. The van der Waals surface area contributed by atoms with Gasteiger partial charge in [-0.1, -0.05) is 0 Å². The first-order valence-corrected chi connectivity index (χ1v) is 5.48. The van der Waals surface area contributed by atoms with Gasteiger partial charge in [0.15, 0.2) is 0 Å². The SMILES string of the molecule is NC(=O)c1cc(OCC2CCCN2)cnc1F. The normalized spacial score (nSPS) is 19.2. The van der Waals surface area contributed by atoms with Crippen molar-refractivity contribution in [2.24, 2.45) is 5.73 Å². The number of hydrogen-bond acceptors (Lipinski definition) is 4. The molecule has 0 saturated carbocycles. The van der Waals surface area contributed by atoms with Gasteiger partial charge in [0.05, 0.1) is 11.8 Å². The molecule has 2 rings (SSSR count). The Kier molecular flexibility index (Phi) is 3.53. The number of amides is 1. The number of hydrogen-bond donors (Lipinski definition) is 2. The van der Waals surface area contributed by atoms with Gasteiger partial charge in [0.25, 0.3) is 5.91 Å². The highest BCUT2D eigenvalue weighted by Gasteiger charge is 2.16. The molecule has 0 aromatic carbocycles. The summed E-state index contributed by atoms with van der Waals surface area (Å²) in [5.41, 5.74) is 4.77. The van der Waals surface area contributed by atoms with E-state index in [9.17, 15) is 9.18 Å². The molecule has 3 N–H and O–H groups in total. The highest BCUT2D eigenvalue weighted by Crippen LogP contribution is 2.15. The largest absolute Gasteiger partial charge is 0.490 e. The Hall–Kier alpha value is -1.69. The maximum absolute atomic E-state index is 13.1. The second kappa shape index (κ2) is 5.09. The maximum atomic E-state index is 13.1. The number of rotatable bonds is 4. The Labute approximate surface area is 98.2 Å². The predicted molar refractivity (Wildman–Crippen MR) is 59.2 cm³/mol. The quantitative estimate of drug-likeness (QED) is 0.748. The molecule has 2 heterocycles. The second-order valence-electron chi connectivity index (χ2n) is 3.98. The molecule has 0 radical (unpaired) electrons. The van der Waals surface area contributed by atoms with Gasteiger partial charge in [0, 0.05) is 6.04 Å². The Bertz CT molecular complexity index is 419. The number of pyridine rings is 1. The fraction of sp³-hybridized carbons (Fsp3) is 0.455. The van der Waals surface area contributed by atoms with Gasteiger partial charge >= 0.3 is 0 Å². The lowest BCUT2D eigenvalue weighted by Crippen LogP contribution is -2.28. The van der Waals surface area contributed by atoms with Crippen LogP contribution in [0.25, 0.3) is 0 Å². The van der Waals surface area contributed by atoms with Crippen LogP contribution in [0.1, 0.15) is 23.2 Å². The van der Waals surface area contributed by atoms with Crippen LogP contribution in [0.4, 0.5) is 4.39 Å². The lowest BCUT2D eigenvalue weighted by Gasteiger charge is -2.12. The Morgan fingerprint density at radius 1 is 1.71 bits per heavy atom. The second-order valence-corrected chi connectivity index (χ2v) is 3.98. The molecule has 1 aromatic rings. The van der Waals surface area contributed by atoms with Crippen LogP contribution < -0.4 is 15.8 Å². The lowest BCUT2D eigenvalue weighted by molar-refractivity contribution is 0.0995. The van der Waals surface area contributed by atoms with Crippen LogP contribution in [0.15, 0.2) is 12.3 Å². The number of halogens is 1. The van der Waals surface area contributed by atoms with Gasteiger partial charge in [-0.05, 0) is 25.5 Å². The Balaban J connectivity index is 2.00. The number of ether oxygens (including phenoxy) is 1. The zero-order valence-electron chi connectivity index (χ0n) is 9.28. The summed E-state index contributed by atoms with van der Waals surface area (Å²) in [6.45, 7) is 1.47. The summed E-state index contributed by atoms with van der Waals surface area (Å²) < 4.78 is 18.5.